The van der Waals surface area contributed by atoms with E-state index >= 15 is 0 Å². The predicted octanol–water partition coefficient (Wildman–Crippen LogP) is 6.24. The molecule has 1 saturated carbocycles. The van der Waals surface area contributed by atoms with E-state index in [1.165, 1.54) is 0 Å². The van der Waals surface area contributed by atoms with Crippen LogP contribution in [0, 0.1) is 11.8 Å². The summed E-state index contributed by atoms with van der Waals surface area (Å²) < 4.78 is 47.3. The number of thiophene rings is 1. The molecule has 9 heteroatoms. The summed E-state index contributed by atoms with van der Waals surface area (Å²) >= 11 is 0.840. The van der Waals surface area contributed by atoms with Crippen LogP contribution < -0.4 is 4.74 Å². The fraction of sp³-hybridized carbons (Fsp3) is 0.320. The summed E-state index contributed by atoms with van der Waals surface area (Å²) in [6.07, 6.45) is -2.14. The standard InChI is InChI=1S/C25H21F3N4OS/c1-2-3-18(13-22-29-31-32-30-22)16-7-9-19(10-8-16)33-14-15-4-11-21-20(12-15)23(17-5-6-17)24(34-21)25(26,27)28/h4,7-12,17-18H,5-6,13-14H2,1H3,(H,29,30,31,32). The van der Waals surface area contributed by atoms with Crippen molar-refractivity contribution in [2.24, 2.45) is 0 Å². The van der Waals surface area contributed by atoms with Gasteiger partial charge in [-0.3, -0.25) is 0 Å². The van der Waals surface area contributed by atoms with Crippen LogP contribution >= 0.6 is 11.3 Å². The largest absolute Gasteiger partial charge is 0.489 e. The van der Waals surface area contributed by atoms with Gasteiger partial charge in [-0.25, -0.2) is 0 Å². The molecule has 1 aliphatic carbocycles. The van der Waals surface area contributed by atoms with E-state index in [0.29, 0.717) is 33.6 Å². The van der Waals surface area contributed by atoms with Gasteiger partial charge in [0, 0.05) is 11.1 Å². The number of benzene rings is 2. The van der Waals surface area contributed by atoms with Crippen LogP contribution in [0.4, 0.5) is 13.2 Å². The Hall–Kier alpha value is -3.38. The number of aromatic nitrogens is 4. The minimum absolute atomic E-state index is 0.0145. The first-order valence-corrected chi connectivity index (χ1v) is 11.7. The van der Waals surface area contributed by atoms with Gasteiger partial charge in [-0.05, 0) is 72.0 Å². The Morgan fingerprint density at radius 2 is 1.97 bits per heavy atom. The number of nitrogens with zero attached hydrogens (tertiary/aromatic N) is 3. The van der Waals surface area contributed by atoms with Gasteiger partial charge in [0.1, 0.15) is 17.2 Å². The highest BCUT2D eigenvalue weighted by Gasteiger charge is 2.41. The Morgan fingerprint density at radius 1 is 1.18 bits per heavy atom. The van der Waals surface area contributed by atoms with Crippen molar-refractivity contribution >= 4 is 21.4 Å². The molecule has 1 aliphatic rings. The molecule has 0 bridgehead atoms. The van der Waals surface area contributed by atoms with E-state index in [1.807, 2.05) is 36.4 Å². The molecule has 1 atom stereocenters. The molecule has 174 valence electrons. The van der Waals surface area contributed by atoms with Gasteiger partial charge in [-0.15, -0.1) is 27.5 Å². The van der Waals surface area contributed by atoms with Crippen LogP contribution in [0.1, 0.15) is 59.0 Å². The Bertz CT molecular complexity index is 1350. The molecular weight excluding hydrogens is 461 g/mol. The second kappa shape index (κ2) is 9.11. The molecule has 0 saturated heterocycles. The molecule has 1 unspecified atom stereocenters. The van der Waals surface area contributed by atoms with Gasteiger partial charge in [0.15, 0.2) is 5.82 Å². The first-order valence-electron chi connectivity index (χ1n) is 10.9. The number of nitrogens with one attached hydrogen (secondary N) is 1. The summed E-state index contributed by atoms with van der Waals surface area (Å²) in [6, 6.07) is 13.1. The fourth-order valence-corrected chi connectivity index (χ4v) is 5.22. The third-order valence-corrected chi connectivity index (χ3v) is 7.05. The average molecular weight is 483 g/mol. The third kappa shape index (κ3) is 4.77. The normalized spacial score (nSPS) is 14.6. The first kappa shape index (κ1) is 22.4. The number of fused-ring (bicyclic) bond motifs is 1. The Kier molecular flexibility index (Phi) is 6.00. The summed E-state index contributed by atoms with van der Waals surface area (Å²) in [5.74, 6) is 7.33. The van der Waals surface area contributed by atoms with E-state index in [1.54, 1.807) is 13.0 Å². The van der Waals surface area contributed by atoms with E-state index in [2.05, 4.69) is 32.5 Å². The highest BCUT2D eigenvalue weighted by atomic mass is 32.1. The third-order valence-electron chi connectivity index (χ3n) is 5.82. The molecule has 0 aliphatic heterocycles. The van der Waals surface area contributed by atoms with Crippen molar-refractivity contribution in [1.82, 2.24) is 20.6 Å². The minimum atomic E-state index is -4.32. The zero-order valence-corrected chi connectivity index (χ0v) is 19.1. The highest BCUT2D eigenvalue weighted by molar-refractivity contribution is 7.19. The van der Waals surface area contributed by atoms with Gasteiger partial charge in [0.2, 0.25) is 0 Å². The van der Waals surface area contributed by atoms with Gasteiger partial charge in [0.05, 0.1) is 5.92 Å². The van der Waals surface area contributed by atoms with E-state index in [0.717, 1.165) is 35.3 Å². The molecular formula is C25H21F3N4OS. The number of ether oxygens (including phenoxy) is 1. The number of alkyl halides is 3. The van der Waals surface area contributed by atoms with Crippen LogP contribution in [0.25, 0.3) is 10.1 Å². The maximum atomic E-state index is 13.6. The Balaban J connectivity index is 1.31. The lowest BCUT2D eigenvalue weighted by Crippen LogP contribution is -2.04. The van der Waals surface area contributed by atoms with Crippen molar-refractivity contribution in [2.75, 3.05) is 0 Å². The van der Waals surface area contributed by atoms with Gasteiger partial charge in [-0.2, -0.15) is 18.4 Å². The van der Waals surface area contributed by atoms with Gasteiger partial charge >= 0.3 is 6.18 Å². The summed E-state index contributed by atoms with van der Waals surface area (Å²) in [7, 11) is 0. The second-order valence-electron chi connectivity index (χ2n) is 8.28. The molecule has 1 N–H and O–H groups in total. The lowest BCUT2D eigenvalue weighted by Gasteiger charge is -2.11. The quantitative estimate of drug-likeness (QED) is 0.317. The van der Waals surface area contributed by atoms with Crippen molar-refractivity contribution in [3.05, 3.63) is 69.9 Å². The molecule has 5 rings (SSSR count). The smallest absolute Gasteiger partial charge is 0.425 e. The summed E-state index contributed by atoms with van der Waals surface area (Å²) in [5.41, 5.74) is 2.32. The zero-order valence-electron chi connectivity index (χ0n) is 18.3. The Labute approximate surface area is 198 Å². The lowest BCUT2D eigenvalue weighted by atomic mass is 9.96. The maximum Gasteiger partial charge on any atom is 0.425 e. The molecule has 1 fully saturated rings. The molecule has 34 heavy (non-hydrogen) atoms. The van der Waals surface area contributed by atoms with Crippen LogP contribution in [-0.2, 0) is 19.2 Å². The van der Waals surface area contributed by atoms with Crippen molar-refractivity contribution in [3.8, 4) is 17.6 Å². The molecule has 0 amide bonds. The van der Waals surface area contributed by atoms with Gasteiger partial charge in [-0.1, -0.05) is 29.3 Å². The van der Waals surface area contributed by atoms with E-state index in [-0.39, 0.29) is 18.4 Å². The topological polar surface area (TPSA) is 63.7 Å². The van der Waals surface area contributed by atoms with Crippen molar-refractivity contribution in [2.45, 2.75) is 50.8 Å². The van der Waals surface area contributed by atoms with Crippen LogP contribution in [0.5, 0.6) is 5.75 Å². The Morgan fingerprint density at radius 3 is 2.62 bits per heavy atom. The second-order valence-corrected chi connectivity index (χ2v) is 9.34. The van der Waals surface area contributed by atoms with E-state index in [4.69, 9.17) is 4.74 Å². The number of tetrazole rings is 1. The number of rotatable bonds is 7. The number of aromatic amines is 1. The number of H-pyrrole nitrogens is 1. The van der Waals surface area contributed by atoms with E-state index < -0.39 is 11.1 Å². The summed E-state index contributed by atoms with van der Waals surface area (Å²) in [5, 5.41) is 14.7. The minimum Gasteiger partial charge on any atom is -0.489 e. The average Bonchev–Trinajstić information content (AvgIpc) is 3.37. The molecule has 2 heterocycles. The summed E-state index contributed by atoms with van der Waals surface area (Å²) in [4.78, 5) is -0.454. The van der Waals surface area contributed by atoms with Crippen molar-refractivity contribution in [3.63, 3.8) is 0 Å². The molecule has 2 aromatic heterocycles. The molecule has 5 nitrogen and oxygen atoms in total. The number of hydrogen-bond acceptors (Lipinski definition) is 5. The van der Waals surface area contributed by atoms with Gasteiger partial charge in [0.25, 0.3) is 0 Å². The van der Waals surface area contributed by atoms with Crippen molar-refractivity contribution < 1.29 is 17.9 Å². The maximum absolute atomic E-state index is 13.6. The fourth-order valence-electron chi connectivity index (χ4n) is 4.08. The van der Waals surface area contributed by atoms with Crippen LogP contribution in [0.15, 0.2) is 42.5 Å². The van der Waals surface area contributed by atoms with Gasteiger partial charge < -0.3 is 4.74 Å². The predicted molar refractivity (Wildman–Crippen MR) is 124 cm³/mol. The van der Waals surface area contributed by atoms with Crippen molar-refractivity contribution in [1.29, 1.82) is 0 Å². The molecule has 2 aromatic carbocycles. The van der Waals surface area contributed by atoms with Crippen LogP contribution in [-0.4, -0.2) is 20.6 Å². The molecule has 0 spiro atoms. The summed E-state index contributed by atoms with van der Waals surface area (Å²) in [6.45, 7) is 2.06. The van der Waals surface area contributed by atoms with Crippen LogP contribution in [0.3, 0.4) is 0 Å². The first-order chi connectivity index (χ1) is 16.4. The number of hydrogen-bond donors (Lipinski definition) is 1. The monoisotopic (exact) mass is 482 g/mol. The zero-order chi connectivity index (χ0) is 23.7. The SMILES string of the molecule is CC#CC(Cc1nn[nH]n1)c1ccc(OCc2ccc3sc(C(F)(F)F)c(C4CC4)c3c2)cc1. The molecule has 0 radical (unpaired) electrons. The van der Waals surface area contributed by atoms with Crippen LogP contribution in [0.2, 0.25) is 0 Å². The van der Waals surface area contributed by atoms with E-state index in [9.17, 15) is 13.2 Å². The lowest BCUT2D eigenvalue weighted by molar-refractivity contribution is -0.134. The number of halogens is 3. The molecule has 4 aromatic rings. The highest BCUT2D eigenvalue weighted by Crippen LogP contribution is 2.52.